The van der Waals surface area contributed by atoms with E-state index in [-0.39, 0.29) is 11.5 Å². The number of imide groups is 1. The minimum absolute atomic E-state index is 0.260. The van der Waals surface area contributed by atoms with Crippen LogP contribution in [0, 0.1) is 0 Å². The van der Waals surface area contributed by atoms with Gasteiger partial charge in [0.15, 0.2) is 0 Å². The molecule has 6 nitrogen and oxygen atoms in total. The zero-order valence-electron chi connectivity index (χ0n) is 10.7. The fraction of sp³-hybridized carbons (Fsp3) is 0.0714. The second kappa shape index (κ2) is 5.02. The molecule has 3 N–H and O–H groups in total. The highest BCUT2D eigenvalue weighted by molar-refractivity contribution is 7.10. The molecule has 21 heavy (non-hydrogen) atoms. The van der Waals surface area contributed by atoms with Crippen LogP contribution in [0.15, 0.2) is 29.6 Å². The predicted octanol–water partition coefficient (Wildman–Crippen LogP) is 1.94. The lowest BCUT2D eigenvalue weighted by atomic mass is 10.1. The molecule has 106 valence electrons. The van der Waals surface area contributed by atoms with Gasteiger partial charge in [-0.05, 0) is 24.3 Å². The van der Waals surface area contributed by atoms with E-state index >= 15 is 0 Å². The zero-order chi connectivity index (χ0) is 15.0. The molecule has 0 aliphatic carbocycles. The first kappa shape index (κ1) is 13.3. The first-order valence-corrected chi connectivity index (χ1v) is 6.97. The van der Waals surface area contributed by atoms with Gasteiger partial charge in [-0.15, -0.1) is 11.3 Å². The Morgan fingerprint density at radius 1 is 1.19 bits per heavy atom. The SMILES string of the molecule is O=C(O)c1csc(CNc2ccc3c(c2)C(=O)NC3=O)c1. The molecule has 0 atom stereocenters. The lowest BCUT2D eigenvalue weighted by Gasteiger charge is -2.05. The lowest BCUT2D eigenvalue weighted by molar-refractivity contribution is 0.0696. The highest BCUT2D eigenvalue weighted by Crippen LogP contribution is 2.22. The molecule has 0 fully saturated rings. The third-order valence-corrected chi connectivity index (χ3v) is 4.04. The Balaban J connectivity index is 1.74. The summed E-state index contributed by atoms with van der Waals surface area (Å²) in [6.07, 6.45) is 0. The van der Waals surface area contributed by atoms with E-state index in [1.165, 1.54) is 11.3 Å². The molecule has 0 unspecified atom stereocenters. The summed E-state index contributed by atoms with van der Waals surface area (Å²) in [5.41, 5.74) is 1.68. The van der Waals surface area contributed by atoms with Gasteiger partial charge >= 0.3 is 5.97 Å². The van der Waals surface area contributed by atoms with Gasteiger partial charge in [0.25, 0.3) is 11.8 Å². The van der Waals surface area contributed by atoms with Crippen LogP contribution in [0.5, 0.6) is 0 Å². The number of hydrogen-bond donors (Lipinski definition) is 3. The summed E-state index contributed by atoms with van der Waals surface area (Å²) in [6, 6.07) is 6.52. The molecule has 0 radical (unpaired) electrons. The van der Waals surface area contributed by atoms with Crippen molar-refractivity contribution in [2.75, 3.05) is 5.32 Å². The topological polar surface area (TPSA) is 95.5 Å². The van der Waals surface area contributed by atoms with Gasteiger partial charge in [-0.25, -0.2) is 4.79 Å². The Morgan fingerprint density at radius 3 is 2.67 bits per heavy atom. The number of carbonyl (C=O) groups excluding carboxylic acids is 2. The third kappa shape index (κ3) is 2.50. The Kier molecular flexibility index (Phi) is 3.19. The highest BCUT2D eigenvalue weighted by Gasteiger charge is 2.26. The number of thiophene rings is 1. The molecular weight excluding hydrogens is 292 g/mol. The average Bonchev–Trinajstić information content (AvgIpc) is 3.03. The Hall–Kier alpha value is -2.67. The molecule has 1 aliphatic rings. The minimum Gasteiger partial charge on any atom is -0.478 e. The minimum atomic E-state index is -0.954. The average molecular weight is 302 g/mol. The van der Waals surface area contributed by atoms with Crippen molar-refractivity contribution in [3.05, 3.63) is 51.2 Å². The Morgan fingerprint density at radius 2 is 1.95 bits per heavy atom. The van der Waals surface area contributed by atoms with Crippen molar-refractivity contribution < 1.29 is 19.5 Å². The van der Waals surface area contributed by atoms with Crippen molar-refractivity contribution in [3.8, 4) is 0 Å². The molecule has 0 saturated heterocycles. The van der Waals surface area contributed by atoms with Crippen LogP contribution in [0.1, 0.15) is 36.0 Å². The van der Waals surface area contributed by atoms with Crippen LogP contribution < -0.4 is 10.6 Å². The fourth-order valence-corrected chi connectivity index (χ4v) is 2.85. The van der Waals surface area contributed by atoms with Gasteiger partial charge in [-0.2, -0.15) is 0 Å². The van der Waals surface area contributed by atoms with Crippen molar-refractivity contribution >= 4 is 34.8 Å². The number of aromatic carboxylic acids is 1. The number of anilines is 1. The van der Waals surface area contributed by atoms with Crippen molar-refractivity contribution in [2.45, 2.75) is 6.54 Å². The van der Waals surface area contributed by atoms with E-state index in [2.05, 4.69) is 10.6 Å². The van der Waals surface area contributed by atoms with E-state index in [9.17, 15) is 14.4 Å². The first-order valence-electron chi connectivity index (χ1n) is 6.09. The number of benzene rings is 1. The van der Waals surface area contributed by atoms with Gasteiger partial charge in [-0.1, -0.05) is 0 Å². The van der Waals surface area contributed by atoms with E-state index in [4.69, 9.17) is 5.11 Å². The number of amides is 2. The summed E-state index contributed by atoms with van der Waals surface area (Å²) < 4.78 is 0. The lowest BCUT2D eigenvalue weighted by Crippen LogP contribution is -2.19. The molecule has 0 spiro atoms. The van der Waals surface area contributed by atoms with Crippen LogP contribution in [0.3, 0.4) is 0 Å². The first-order chi connectivity index (χ1) is 10.0. The standard InChI is InChI=1S/C14H10N2O4S/c17-12-10-2-1-8(4-11(10)13(18)16-12)15-5-9-3-7(6-21-9)14(19)20/h1-4,6,15H,5H2,(H,19,20)(H,16,17,18). The van der Waals surface area contributed by atoms with E-state index < -0.39 is 11.9 Å². The van der Waals surface area contributed by atoms with E-state index in [1.54, 1.807) is 29.6 Å². The zero-order valence-corrected chi connectivity index (χ0v) is 11.5. The largest absolute Gasteiger partial charge is 0.478 e. The van der Waals surface area contributed by atoms with E-state index in [0.717, 1.165) is 4.88 Å². The van der Waals surface area contributed by atoms with Gasteiger partial charge in [0.1, 0.15) is 0 Å². The molecule has 1 aromatic carbocycles. The molecular formula is C14H10N2O4S. The Labute approximate surface area is 123 Å². The smallest absolute Gasteiger partial charge is 0.336 e. The number of carboxylic acid groups (broad SMARTS) is 1. The van der Waals surface area contributed by atoms with E-state index in [0.29, 0.717) is 23.4 Å². The maximum atomic E-state index is 11.6. The van der Waals surface area contributed by atoms with Crippen LogP contribution >= 0.6 is 11.3 Å². The van der Waals surface area contributed by atoms with Crippen LogP contribution in [0.2, 0.25) is 0 Å². The molecule has 0 bridgehead atoms. The molecule has 2 amide bonds. The molecule has 1 aromatic heterocycles. The van der Waals surface area contributed by atoms with Gasteiger partial charge < -0.3 is 10.4 Å². The summed E-state index contributed by atoms with van der Waals surface area (Å²) in [4.78, 5) is 34.6. The molecule has 7 heteroatoms. The van der Waals surface area contributed by atoms with Crippen molar-refractivity contribution in [1.82, 2.24) is 5.32 Å². The number of hydrogen-bond acceptors (Lipinski definition) is 5. The van der Waals surface area contributed by atoms with Crippen LogP contribution in [0.4, 0.5) is 5.69 Å². The molecule has 0 saturated carbocycles. The summed E-state index contributed by atoms with van der Waals surface area (Å²) >= 11 is 1.35. The predicted molar refractivity (Wildman–Crippen MR) is 76.8 cm³/mol. The number of carbonyl (C=O) groups is 3. The molecule has 2 aromatic rings. The molecule has 2 heterocycles. The normalized spacial score (nSPS) is 13.0. The number of nitrogens with one attached hydrogen (secondary N) is 2. The third-order valence-electron chi connectivity index (χ3n) is 3.10. The number of rotatable bonds is 4. The maximum absolute atomic E-state index is 11.6. The fourth-order valence-electron chi connectivity index (χ4n) is 2.05. The van der Waals surface area contributed by atoms with Gasteiger partial charge in [-0.3, -0.25) is 14.9 Å². The van der Waals surface area contributed by atoms with Gasteiger partial charge in [0, 0.05) is 22.5 Å². The summed E-state index contributed by atoms with van der Waals surface area (Å²) in [5, 5.41) is 15.8. The van der Waals surface area contributed by atoms with E-state index in [1.807, 2.05) is 0 Å². The van der Waals surface area contributed by atoms with Crippen molar-refractivity contribution in [2.24, 2.45) is 0 Å². The van der Waals surface area contributed by atoms with Gasteiger partial charge in [0.05, 0.1) is 16.7 Å². The number of fused-ring (bicyclic) bond motifs is 1. The highest BCUT2D eigenvalue weighted by atomic mass is 32.1. The summed E-state index contributed by atoms with van der Waals surface area (Å²) in [6.45, 7) is 0.451. The Bertz CT molecular complexity index is 766. The van der Waals surface area contributed by atoms with Crippen molar-refractivity contribution in [1.29, 1.82) is 0 Å². The second-order valence-corrected chi connectivity index (χ2v) is 5.50. The number of carboxylic acids is 1. The van der Waals surface area contributed by atoms with Crippen LogP contribution in [-0.2, 0) is 6.54 Å². The summed E-state index contributed by atoms with van der Waals surface area (Å²) in [7, 11) is 0. The monoisotopic (exact) mass is 302 g/mol. The van der Waals surface area contributed by atoms with Crippen molar-refractivity contribution in [3.63, 3.8) is 0 Å². The maximum Gasteiger partial charge on any atom is 0.336 e. The second-order valence-electron chi connectivity index (χ2n) is 4.50. The van der Waals surface area contributed by atoms with Gasteiger partial charge in [0.2, 0.25) is 0 Å². The summed E-state index contributed by atoms with van der Waals surface area (Å²) in [5.74, 6) is -1.74. The van der Waals surface area contributed by atoms with Crippen LogP contribution in [-0.4, -0.2) is 22.9 Å². The molecule has 3 rings (SSSR count). The quantitative estimate of drug-likeness (QED) is 0.750. The van der Waals surface area contributed by atoms with Crippen LogP contribution in [0.25, 0.3) is 0 Å². The molecule has 1 aliphatic heterocycles.